The average molecular weight is 467 g/mol. The summed E-state index contributed by atoms with van der Waals surface area (Å²) in [7, 11) is -1.17. The molecule has 0 saturated heterocycles. The van der Waals surface area contributed by atoms with Gasteiger partial charge in [0.25, 0.3) is 15.9 Å². The lowest BCUT2D eigenvalue weighted by atomic mass is 10.1. The molecular formula is C22H27ClN2O5S. The van der Waals surface area contributed by atoms with Crippen molar-refractivity contribution in [1.29, 1.82) is 0 Å². The van der Waals surface area contributed by atoms with Gasteiger partial charge in [-0.3, -0.25) is 9.52 Å². The number of nitrogens with zero attached hydrogens (tertiary/aromatic N) is 1. The van der Waals surface area contributed by atoms with Crippen LogP contribution in [0.15, 0.2) is 47.4 Å². The number of ether oxygens (including phenoxy) is 2. The summed E-state index contributed by atoms with van der Waals surface area (Å²) in [6, 6.07) is 7.32. The smallest absolute Gasteiger partial charge is 0.262 e. The molecule has 0 heterocycles. The Kier molecular flexibility index (Phi) is 7.97. The summed E-state index contributed by atoms with van der Waals surface area (Å²) in [5.74, 6) is 0.332. The summed E-state index contributed by atoms with van der Waals surface area (Å²) < 4.78 is 39.0. The molecule has 0 aliphatic heterocycles. The molecule has 1 N–H and O–H groups in total. The molecule has 0 bridgehead atoms. The van der Waals surface area contributed by atoms with E-state index in [-0.39, 0.29) is 27.3 Å². The molecule has 0 aliphatic rings. The van der Waals surface area contributed by atoms with Crippen LogP contribution in [0.3, 0.4) is 0 Å². The number of anilines is 1. The van der Waals surface area contributed by atoms with Crippen molar-refractivity contribution >= 4 is 33.2 Å². The van der Waals surface area contributed by atoms with Gasteiger partial charge in [0.15, 0.2) is 0 Å². The van der Waals surface area contributed by atoms with Gasteiger partial charge >= 0.3 is 0 Å². The summed E-state index contributed by atoms with van der Waals surface area (Å²) in [6.45, 7) is 10.2. The number of hydrogen-bond donors (Lipinski definition) is 1. The van der Waals surface area contributed by atoms with Crippen LogP contribution in [0.1, 0.15) is 29.8 Å². The molecule has 0 fully saturated rings. The number of benzene rings is 2. The third-order valence-corrected chi connectivity index (χ3v) is 6.26. The van der Waals surface area contributed by atoms with Gasteiger partial charge in [-0.15, -0.1) is 0 Å². The van der Waals surface area contributed by atoms with E-state index >= 15 is 0 Å². The monoisotopic (exact) mass is 466 g/mol. The molecule has 0 atom stereocenters. The molecule has 0 aromatic heterocycles. The fourth-order valence-electron chi connectivity index (χ4n) is 2.97. The van der Waals surface area contributed by atoms with Crippen molar-refractivity contribution in [2.75, 3.05) is 32.0 Å². The first-order valence-corrected chi connectivity index (χ1v) is 11.4. The lowest BCUT2D eigenvalue weighted by molar-refractivity contribution is 0.0777. The van der Waals surface area contributed by atoms with Crippen molar-refractivity contribution < 1.29 is 22.7 Å². The zero-order chi connectivity index (χ0) is 23.3. The van der Waals surface area contributed by atoms with E-state index in [4.69, 9.17) is 21.1 Å². The van der Waals surface area contributed by atoms with E-state index in [0.29, 0.717) is 30.0 Å². The highest BCUT2D eigenvalue weighted by Crippen LogP contribution is 2.37. The maximum atomic E-state index is 13.1. The topological polar surface area (TPSA) is 84.9 Å². The van der Waals surface area contributed by atoms with Crippen LogP contribution < -0.4 is 14.2 Å². The lowest BCUT2D eigenvalue weighted by Crippen LogP contribution is -2.32. The second kappa shape index (κ2) is 10.1. The highest BCUT2D eigenvalue weighted by atomic mass is 35.5. The van der Waals surface area contributed by atoms with E-state index in [1.54, 1.807) is 17.9 Å². The van der Waals surface area contributed by atoms with Gasteiger partial charge in [-0.2, -0.15) is 0 Å². The molecule has 9 heteroatoms. The van der Waals surface area contributed by atoms with Crippen molar-refractivity contribution in [2.45, 2.75) is 25.7 Å². The number of halogens is 1. The lowest BCUT2D eigenvalue weighted by Gasteiger charge is -2.22. The van der Waals surface area contributed by atoms with E-state index in [1.807, 2.05) is 13.8 Å². The minimum Gasteiger partial charge on any atom is -0.495 e. The standard InChI is InChI=1S/C22H27ClN2O5S/c1-7-25(13-14(2)3)22(26)17-10-16(9-8-15(17)4)31(27,28)24-19-11-18(23)20(29-5)12-21(19)30-6/h8-12,24H,2,7,13H2,1,3-6H3. The van der Waals surface area contributed by atoms with Crippen molar-refractivity contribution in [3.05, 3.63) is 58.6 Å². The molecule has 0 spiro atoms. The highest BCUT2D eigenvalue weighted by Gasteiger charge is 2.23. The molecule has 0 aliphatic carbocycles. The van der Waals surface area contributed by atoms with Crippen LogP contribution in [0.25, 0.3) is 0 Å². The van der Waals surface area contributed by atoms with Gasteiger partial charge in [-0.1, -0.05) is 29.8 Å². The third kappa shape index (κ3) is 5.71. The summed E-state index contributed by atoms with van der Waals surface area (Å²) in [4.78, 5) is 14.6. The first-order chi connectivity index (χ1) is 14.5. The summed E-state index contributed by atoms with van der Waals surface area (Å²) in [5.41, 5.74) is 1.97. The molecule has 2 aromatic rings. The Morgan fingerprint density at radius 3 is 2.35 bits per heavy atom. The number of sulfonamides is 1. The van der Waals surface area contributed by atoms with E-state index in [2.05, 4.69) is 11.3 Å². The van der Waals surface area contributed by atoms with Gasteiger partial charge in [-0.25, -0.2) is 8.42 Å². The van der Waals surface area contributed by atoms with Crippen molar-refractivity contribution in [3.63, 3.8) is 0 Å². The van der Waals surface area contributed by atoms with Crippen LogP contribution in [0.5, 0.6) is 11.5 Å². The zero-order valence-electron chi connectivity index (χ0n) is 18.3. The highest BCUT2D eigenvalue weighted by molar-refractivity contribution is 7.92. The Morgan fingerprint density at radius 1 is 1.16 bits per heavy atom. The van der Waals surface area contributed by atoms with Gasteiger partial charge in [0.1, 0.15) is 11.5 Å². The molecule has 0 radical (unpaired) electrons. The molecule has 31 heavy (non-hydrogen) atoms. The van der Waals surface area contributed by atoms with Gasteiger partial charge in [0.05, 0.1) is 29.8 Å². The minimum atomic E-state index is -4.03. The number of nitrogens with one attached hydrogen (secondary N) is 1. The number of methoxy groups -OCH3 is 2. The number of rotatable bonds is 9. The molecule has 0 unspecified atom stereocenters. The maximum Gasteiger partial charge on any atom is 0.262 e. The number of likely N-dealkylation sites (N-methyl/N-ethyl adjacent to an activating group) is 1. The van der Waals surface area contributed by atoms with Gasteiger partial charge in [0, 0.05) is 24.7 Å². The normalized spacial score (nSPS) is 11.0. The Morgan fingerprint density at radius 2 is 1.81 bits per heavy atom. The van der Waals surface area contributed by atoms with Crippen LogP contribution in [0.4, 0.5) is 5.69 Å². The quantitative estimate of drug-likeness (QED) is 0.550. The summed E-state index contributed by atoms with van der Waals surface area (Å²) in [6.07, 6.45) is 0. The van der Waals surface area contributed by atoms with Crippen molar-refractivity contribution in [2.24, 2.45) is 0 Å². The molecule has 7 nitrogen and oxygen atoms in total. The van der Waals surface area contributed by atoms with E-state index in [0.717, 1.165) is 5.57 Å². The van der Waals surface area contributed by atoms with Gasteiger partial charge < -0.3 is 14.4 Å². The van der Waals surface area contributed by atoms with E-state index < -0.39 is 10.0 Å². The Hall–Kier alpha value is -2.71. The van der Waals surface area contributed by atoms with Crippen LogP contribution in [-0.2, 0) is 10.0 Å². The Labute approximate surface area is 188 Å². The average Bonchev–Trinajstić information content (AvgIpc) is 2.71. The second-order valence-corrected chi connectivity index (χ2v) is 9.14. The van der Waals surface area contributed by atoms with E-state index in [9.17, 15) is 13.2 Å². The van der Waals surface area contributed by atoms with Crippen LogP contribution in [0.2, 0.25) is 5.02 Å². The number of aryl methyl sites for hydroxylation is 1. The van der Waals surface area contributed by atoms with Crippen molar-refractivity contribution in [1.82, 2.24) is 4.90 Å². The SMILES string of the molecule is C=C(C)CN(CC)C(=O)c1cc(S(=O)(=O)Nc2cc(Cl)c(OC)cc2OC)ccc1C. The van der Waals surface area contributed by atoms with Crippen LogP contribution >= 0.6 is 11.6 Å². The molecular weight excluding hydrogens is 440 g/mol. The second-order valence-electron chi connectivity index (χ2n) is 7.05. The molecule has 1 amide bonds. The number of carbonyl (C=O) groups excluding carboxylic acids is 1. The molecule has 2 aromatic carbocycles. The largest absolute Gasteiger partial charge is 0.495 e. The maximum absolute atomic E-state index is 13.1. The fraction of sp³-hybridized carbons (Fsp3) is 0.318. The Bertz CT molecular complexity index is 1100. The van der Waals surface area contributed by atoms with E-state index in [1.165, 1.54) is 38.5 Å². The first kappa shape index (κ1) is 24.6. The minimum absolute atomic E-state index is 0.0539. The zero-order valence-corrected chi connectivity index (χ0v) is 19.9. The predicted molar refractivity (Wildman–Crippen MR) is 123 cm³/mol. The van der Waals surface area contributed by atoms with Gasteiger partial charge in [0.2, 0.25) is 0 Å². The predicted octanol–water partition coefficient (Wildman–Crippen LogP) is 4.50. The summed E-state index contributed by atoms with van der Waals surface area (Å²) >= 11 is 6.14. The van der Waals surface area contributed by atoms with Crippen LogP contribution in [-0.4, -0.2) is 46.5 Å². The number of hydrogen-bond acceptors (Lipinski definition) is 5. The number of carbonyl (C=O) groups is 1. The van der Waals surface area contributed by atoms with Crippen molar-refractivity contribution in [3.8, 4) is 11.5 Å². The third-order valence-electron chi connectivity index (χ3n) is 4.60. The van der Waals surface area contributed by atoms with Crippen LogP contribution in [0, 0.1) is 6.92 Å². The molecule has 0 saturated carbocycles. The first-order valence-electron chi connectivity index (χ1n) is 9.52. The fourth-order valence-corrected chi connectivity index (χ4v) is 4.29. The number of amides is 1. The molecule has 168 valence electrons. The Balaban J connectivity index is 2.45. The van der Waals surface area contributed by atoms with Gasteiger partial charge in [-0.05, 0) is 44.5 Å². The molecule has 2 rings (SSSR count). The summed E-state index contributed by atoms with van der Waals surface area (Å²) in [5, 5.41) is 0.221.